The molecule has 0 aliphatic carbocycles. The van der Waals surface area contributed by atoms with Gasteiger partial charge in [0.05, 0.1) is 0 Å². The van der Waals surface area contributed by atoms with E-state index in [1.165, 1.54) is 11.9 Å². The van der Waals surface area contributed by atoms with Crippen LogP contribution in [0, 0.1) is 0 Å². The highest BCUT2D eigenvalue weighted by Crippen LogP contribution is 2.10. The Hall–Kier alpha value is 0.230. The van der Waals surface area contributed by atoms with E-state index in [0.29, 0.717) is 5.75 Å². The third kappa shape index (κ3) is 1.07. The summed E-state index contributed by atoms with van der Waals surface area (Å²) >= 11 is 1.34. The molecule has 0 saturated carbocycles. The van der Waals surface area contributed by atoms with Gasteiger partial charge in [0.1, 0.15) is 12.3 Å². The first-order valence-corrected chi connectivity index (χ1v) is 3.03. The van der Waals surface area contributed by atoms with E-state index in [1.807, 2.05) is 0 Å². The summed E-state index contributed by atoms with van der Waals surface area (Å²) in [4.78, 5) is 0. The lowest BCUT2D eigenvalue weighted by atomic mass is 10.4. The number of rotatable bonds is 0. The third-order valence-corrected chi connectivity index (χ3v) is 1.74. The molecule has 2 unspecified atom stereocenters. The van der Waals surface area contributed by atoms with E-state index in [0.717, 1.165) is 0 Å². The summed E-state index contributed by atoms with van der Waals surface area (Å²) in [5.74, 6) is 0.584. The summed E-state index contributed by atoms with van der Waals surface area (Å²) in [6.07, 6.45) is -1.30. The molecule has 0 aromatic rings. The van der Waals surface area contributed by atoms with Crippen LogP contribution in [0.2, 0.25) is 0 Å². The van der Waals surface area contributed by atoms with E-state index in [1.54, 1.807) is 0 Å². The van der Waals surface area contributed by atoms with Crippen LogP contribution < -0.4 is 4.72 Å². The van der Waals surface area contributed by atoms with Crippen LogP contribution in [-0.2, 0) is 0 Å². The first-order chi connectivity index (χ1) is 3.30. The predicted molar refractivity (Wildman–Crippen MR) is 27.6 cm³/mol. The van der Waals surface area contributed by atoms with Gasteiger partial charge < -0.3 is 10.2 Å². The maximum atomic E-state index is 8.66. The van der Waals surface area contributed by atoms with Gasteiger partial charge in [-0.1, -0.05) is 11.9 Å². The van der Waals surface area contributed by atoms with Crippen molar-refractivity contribution in [2.75, 3.05) is 5.75 Å². The Morgan fingerprint density at radius 3 is 2.43 bits per heavy atom. The SMILES string of the molecule is OC1CSNC1O. The molecule has 4 heteroatoms. The first-order valence-electron chi connectivity index (χ1n) is 2.04. The molecule has 1 saturated heterocycles. The van der Waals surface area contributed by atoms with Crippen molar-refractivity contribution < 1.29 is 10.2 Å². The lowest BCUT2D eigenvalue weighted by Gasteiger charge is -2.02. The average molecular weight is 121 g/mol. The minimum absolute atomic E-state index is 0.579. The van der Waals surface area contributed by atoms with Crippen LogP contribution in [0.3, 0.4) is 0 Å². The maximum Gasteiger partial charge on any atom is 0.140 e. The van der Waals surface area contributed by atoms with Crippen molar-refractivity contribution >= 4 is 11.9 Å². The summed E-state index contributed by atoms with van der Waals surface area (Å²) in [7, 11) is 0. The molecule has 1 rings (SSSR count). The van der Waals surface area contributed by atoms with E-state index in [9.17, 15) is 0 Å². The van der Waals surface area contributed by atoms with Gasteiger partial charge in [-0.15, -0.1) is 0 Å². The highest BCUT2D eigenvalue weighted by atomic mass is 32.2. The Labute approximate surface area is 45.9 Å². The number of aliphatic hydroxyl groups is 2. The molecule has 3 nitrogen and oxygen atoms in total. The van der Waals surface area contributed by atoms with Gasteiger partial charge in [-0.05, 0) is 0 Å². The van der Waals surface area contributed by atoms with Crippen molar-refractivity contribution in [1.29, 1.82) is 0 Å². The van der Waals surface area contributed by atoms with Crippen LogP contribution in [0.1, 0.15) is 0 Å². The minimum Gasteiger partial charge on any atom is -0.388 e. The molecular weight excluding hydrogens is 114 g/mol. The second-order valence-corrected chi connectivity index (χ2v) is 2.30. The Morgan fingerprint density at radius 1 is 1.57 bits per heavy atom. The number of hydrogen-bond donors (Lipinski definition) is 3. The van der Waals surface area contributed by atoms with E-state index >= 15 is 0 Å². The smallest absolute Gasteiger partial charge is 0.140 e. The van der Waals surface area contributed by atoms with E-state index < -0.39 is 12.3 Å². The van der Waals surface area contributed by atoms with Crippen molar-refractivity contribution in [2.24, 2.45) is 0 Å². The fourth-order valence-corrected chi connectivity index (χ4v) is 1.17. The summed E-state index contributed by atoms with van der Waals surface area (Å²) < 4.78 is 2.59. The molecular formula is C3H7NO2S. The van der Waals surface area contributed by atoms with Gasteiger partial charge in [-0.25, -0.2) is 4.72 Å². The monoisotopic (exact) mass is 121 g/mol. The fraction of sp³-hybridized carbons (Fsp3) is 1.00. The molecule has 2 atom stereocenters. The average Bonchev–Trinajstić information content (AvgIpc) is 1.91. The lowest BCUT2D eigenvalue weighted by molar-refractivity contribution is 0.0385. The highest BCUT2D eigenvalue weighted by molar-refractivity contribution is 7.97. The molecule has 0 bridgehead atoms. The largest absolute Gasteiger partial charge is 0.388 e. The Morgan fingerprint density at radius 2 is 2.29 bits per heavy atom. The second-order valence-electron chi connectivity index (χ2n) is 1.44. The molecule has 1 aliphatic heterocycles. The zero-order valence-corrected chi connectivity index (χ0v) is 4.48. The molecule has 42 valence electrons. The number of nitrogens with one attached hydrogen (secondary N) is 1. The van der Waals surface area contributed by atoms with Crippen LogP contribution in [0.25, 0.3) is 0 Å². The van der Waals surface area contributed by atoms with Crippen LogP contribution >= 0.6 is 11.9 Å². The maximum absolute atomic E-state index is 8.66. The Balaban J connectivity index is 2.33. The van der Waals surface area contributed by atoms with Gasteiger partial charge in [0.2, 0.25) is 0 Å². The van der Waals surface area contributed by atoms with Crippen LogP contribution in [0.15, 0.2) is 0 Å². The van der Waals surface area contributed by atoms with Gasteiger partial charge in [-0.2, -0.15) is 0 Å². The van der Waals surface area contributed by atoms with Gasteiger partial charge in [0.25, 0.3) is 0 Å². The first kappa shape index (κ1) is 5.37. The van der Waals surface area contributed by atoms with Crippen molar-refractivity contribution in [2.45, 2.75) is 12.3 Å². The lowest BCUT2D eigenvalue weighted by Crippen LogP contribution is -2.28. The fourth-order valence-electron chi connectivity index (χ4n) is 0.389. The van der Waals surface area contributed by atoms with Gasteiger partial charge in [0.15, 0.2) is 0 Å². The third-order valence-electron chi connectivity index (χ3n) is 0.823. The zero-order valence-electron chi connectivity index (χ0n) is 3.66. The Bertz CT molecular complexity index is 62.0. The molecule has 0 amide bonds. The normalized spacial score (nSPS) is 42.0. The van der Waals surface area contributed by atoms with E-state index in [4.69, 9.17) is 10.2 Å². The van der Waals surface area contributed by atoms with Crippen LogP contribution in [0.4, 0.5) is 0 Å². The minimum atomic E-state index is -0.718. The van der Waals surface area contributed by atoms with E-state index in [-0.39, 0.29) is 0 Å². The van der Waals surface area contributed by atoms with Crippen molar-refractivity contribution in [3.05, 3.63) is 0 Å². The summed E-state index contributed by atoms with van der Waals surface area (Å²) in [6, 6.07) is 0. The molecule has 1 aliphatic rings. The van der Waals surface area contributed by atoms with Crippen LogP contribution in [0.5, 0.6) is 0 Å². The molecule has 7 heavy (non-hydrogen) atoms. The zero-order chi connectivity index (χ0) is 5.28. The predicted octanol–water partition coefficient (Wildman–Crippen LogP) is -1.08. The van der Waals surface area contributed by atoms with Crippen molar-refractivity contribution in [1.82, 2.24) is 4.72 Å². The topological polar surface area (TPSA) is 52.5 Å². The number of hydrogen-bond acceptors (Lipinski definition) is 4. The molecule has 0 radical (unpaired) electrons. The van der Waals surface area contributed by atoms with Gasteiger partial charge in [0, 0.05) is 5.75 Å². The van der Waals surface area contributed by atoms with Gasteiger partial charge >= 0.3 is 0 Å². The standard InChI is InChI=1S/C3H7NO2S/c5-2-1-7-4-3(2)6/h2-6H,1H2. The quantitative estimate of drug-likeness (QED) is 0.357. The second kappa shape index (κ2) is 2.00. The molecule has 0 spiro atoms. The molecule has 0 aromatic carbocycles. The van der Waals surface area contributed by atoms with Gasteiger partial charge in [-0.3, -0.25) is 0 Å². The molecule has 0 aromatic heterocycles. The summed E-state index contributed by atoms with van der Waals surface area (Å²) in [6.45, 7) is 0. The summed E-state index contributed by atoms with van der Waals surface area (Å²) in [5, 5.41) is 17.3. The van der Waals surface area contributed by atoms with E-state index in [2.05, 4.69) is 4.72 Å². The highest BCUT2D eigenvalue weighted by Gasteiger charge is 2.21. The molecule has 1 fully saturated rings. The Kier molecular flexibility index (Phi) is 1.53. The molecule has 3 N–H and O–H groups in total. The summed E-state index contributed by atoms with van der Waals surface area (Å²) in [5.41, 5.74) is 0. The van der Waals surface area contributed by atoms with Crippen molar-refractivity contribution in [3.8, 4) is 0 Å². The van der Waals surface area contributed by atoms with Crippen LogP contribution in [-0.4, -0.2) is 28.3 Å². The molecule has 1 heterocycles. The van der Waals surface area contributed by atoms with Crippen molar-refractivity contribution in [3.63, 3.8) is 0 Å². The number of aliphatic hydroxyl groups excluding tert-OH is 2.